The molecule has 0 aromatic heterocycles. The number of nitrogens with zero attached hydrogens (tertiary/aromatic N) is 1. The number of rotatable bonds is 4. The van der Waals surface area contributed by atoms with Crippen LogP contribution in [0.4, 0.5) is 8.78 Å². The van der Waals surface area contributed by atoms with Gasteiger partial charge in [-0.25, -0.2) is 8.78 Å². The van der Waals surface area contributed by atoms with E-state index in [1.807, 2.05) is 18.2 Å². The van der Waals surface area contributed by atoms with Crippen molar-refractivity contribution in [2.24, 2.45) is 0 Å². The third-order valence-corrected chi connectivity index (χ3v) is 4.51. The largest absolute Gasteiger partial charge is 0.497 e. The van der Waals surface area contributed by atoms with Crippen LogP contribution in [0.25, 0.3) is 0 Å². The van der Waals surface area contributed by atoms with E-state index < -0.39 is 17.5 Å². The maximum Gasteiger partial charge on any atom is 0.256 e. The second-order valence-electron chi connectivity index (χ2n) is 5.97. The molecule has 1 amide bonds. The predicted octanol–water partition coefficient (Wildman–Crippen LogP) is 3.61. The Morgan fingerprint density at radius 1 is 1.12 bits per heavy atom. The fraction of sp³-hybridized carbons (Fsp3) is 0.316. The average Bonchev–Trinajstić information content (AvgIpc) is 3.10. The molecule has 0 radical (unpaired) electrons. The van der Waals surface area contributed by atoms with Crippen molar-refractivity contribution in [3.63, 3.8) is 0 Å². The number of hydrogen-bond donors (Lipinski definition) is 0. The molecule has 6 heteroatoms. The van der Waals surface area contributed by atoms with Crippen LogP contribution in [0.3, 0.4) is 0 Å². The van der Waals surface area contributed by atoms with E-state index in [-0.39, 0.29) is 11.5 Å². The normalized spacial score (nSPS) is 16.8. The Morgan fingerprint density at radius 3 is 2.60 bits per heavy atom. The summed E-state index contributed by atoms with van der Waals surface area (Å²) < 4.78 is 37.6. The molecule has 1 fully saturated rings. The van der Waals surface area contributed by atoms with Gasteiger partial charge < -0.3 is 14.4 Å². The van der Waals surface area contributed by atoms with Gasteiger partial charge in [-0.1, -0.05) is 0 Å². The van der Waals surface area contributed by atoms with Crippen molar-refractivity contribution in [2.45, 2.75) is 12.3 Å². The van der Waals surface area contributed by atoms with E-state index in [4.69, 9.17) is 9.47 Å². The molecule has 2 aromatic rings. The minimum Gasteiger partial charge on any atom is -0.497 e. The van der Waals surface area contributed by atoms with E-state index >= 15 is 0 Å². The summed E-state index contributed by atoms with van der Waals surface area (Å²) in [6.07, 6.45) is 0.734. The zero-order valence-corrected chi connectivity index (χ0v) is 14.1. The first-order chi connectivity index (χ1) is 12.0. The fourth-order valence-electron chi connectivity index (χ4n) is 3.19. The third-order valence-electron chi connectivity index (χ3n) is 4.51. The van der Waals surface area contributed by atoms with Gasteiger partial charge in [0.1, 0.15) is 23.1 Å². The molecule has 0 N–H and O–H groups in total. The molecule has 2 aromatic carbocycles. The van der Waals surface area contributed by atoms with Crippen molar-refractivity contribution >= 4 is 5.91 Å². The summed E-state index contributed by atoms with van der Waals surface area (Å²) in [4.78, 5) is 14.1. The van der Waals surface area contributed by atoms with E-state index in [9.17, 15) is 13.6 Å². The highest BCUT2D eigenvalue weighted by Gasteiger charge is 2.31. The lowest BCUT2D eigenvalue weighted by molar-refractivity contribution is 0.0786. The molecule has 3 rings (SSSR count). The summed E-state index contributed by atoms with van der Waals surface area (Å²) in [7, 11) is 3.18. The van der Waals surface area contributed by atoms with Gasteiger partial charge >= 0.3 is 0 Å². The lowest BCUT2D eigenvalue weighted by Gasteiger charge is -2.19. The van der Waals surface area contributed by atoms with Gasteiger partial charge in [0.05, 0.1) is 19.8 Å². The van der Waals surface area contributed by atoms with Gasteiger partial charge in [0.15, 0.2) is 0 Å². The van der Waals surface area contributed by atoms with Crippen molar-refractivity contribution in [1.82, 2.24) is 4.90 Å². The first-order valence-electron chi connectivity index (χ1n) is 7.99. The van der Waals surface area contributed by atoms with E-state index in [2.05, 4.69) is 0 Å². The number of halogens is 2. The molecule has 0 unspecified atom stereocenters. The number of benzene rings is 2. The number of amides is 1. The topological polar surface area (TPSA) is 38.8 Å². The molecule has 1 aliphatic heterocycles. The van der Waals surface area contributed by atoms with E-state index in [1.165, 1.54) is 6.07 Å². The first-order valence-corrected chi connectivity index (χ1v) is 7.99. The zero-order chi connectivity index (χ0) is 18.0. The van der Waals surface area contributed by atoms with Gasteiger partial charge in [-0.2, -0.15) is 0 Å². The van der Waals surface area contributed by atoms with Crippen LogP contribution in [0.1, 0.15) is 28.3 Å². The van der Waals surface area contributed by atoms with E-state index in [0.717, 1.165) is 29.9 Å². The molecule has 1 saturated heterocycles. The number of hydrogen-bond acceptors (Lipinski definition) is 3. The van der Waals surface area contributed by atoms with Crippen LogP contribution in [0, 0.1) is 11.6 Å². The molecule has 0 saturated carbocycles. The second kappa shape index (κ2) is 7.09. The van der Waals surface area contributed by atoms with E-state index in [1.54, 1.807) is 19.1 Å². The van der Waals surface area contributed by atoms with Gasteiger partial charge in [-0.3, -0.25) is 4.79 Å². The van der Waals surface area contributed by atoms with Gasteiger partial charge in [-0.05, 0) is 36.8 Å². The Kier molecular flexibility index (Phi) is 4.88. The summed E-state index contributed by atoms with van der Waals surface area (Å²) in [6, 6.07) is 8.55. The van der Waals surface area contributed by atoms with Crippen molar-refractivity contribution in [1.29, 1.82) is 0 Å². The quantitative estimate of drug-likeness (QED) is 0.848. The van der Waals surface area contributed by atoms with Crippen molar-refractivity contribution in [2.75, 3.05) is 27.3 Å². The van der Waals surface area contributed by atoms with Crippen LogP contribution in [-0.4, -0.2) is 38.1 Å². The maximum atomic E-state index is 13.9. The Morgan fingerprint density at radius 2 is 1.92 bits per heavy atom. The predicted molar refractivity (Wildman–Crippen MR) is 89.2 cm³/mol. The van der Waals surface area contributed by atoms with Gasteiger partial charge in [0, 0.05) is 30.6 Å². The van der Waals surface area contributed by atoms with Crippen LogP contribution in [0.15, 0.2) is 36.4 Å². The standard InChI is InChI=1S/C19H19F2NO3/c1-24-14-4-6-18(25-2)16(10-14)12-7-8-22(11-12)19(23)15-5-3-13(20)9-17(15)21/h3-6,9-10,12H,7-8,11H2,1-2H3/t12-/m1/s1. The number of carbonyl (C=O) groups excluding carboxylic acids is 1. The van der Waals surface area contributed by atoms with Gasteiger partial charge in [0.25, 0.3) is 5.91 Å². The summed E-state index contributed by atoms with van der Waals surface area (Å²) in [6.45, 7) is 0.944. The van der Waals surface area contributed by atoms with Crippen molar-refractivity contribution in [3.05, 3.63) is 59.2 Å². The molecule has 4 nitrogen and oxygen atoms in total. The minimum atomic E-state index is -0.840. The smallest absolute Gasteiger partial charge is 0.256 e. The van der Waals surface area contributed by atoms with Crippen LogP contribution in [0.2, 0.25) is 0 Å². The SMILES string of the molecule is COc1ccc(OC)c([C@@H]2CCN(C(=O)c3ccc(F)cc3F)C2)c1. The Bertz CT molecular complexity index is 794. The van der Waals surface area contributed by atoms with Crippen LogP contribution < -0.4 is 9.47 Å². The van der Waals surface area contributed by atoms with Crippen LogP contribution in [-0.2, 0) is 0 Å². The number of ether oxygens (including phenoxy) is 2. The molecule has 25 heavy (non-hydrogen) atoms. The molecular formula is C19H19F2NO3. The number of carbonyl (C=O) groups is 1. The van der Waals surface area contributed by atoms with Gasteiger partial charge in [-0.15, -0.1) is 0 Å². The summed E-state index contributed by atoms with van der Waals surface area (Å²) in [5.74, 6) is -0.459. The van der Waals surface area contributed by atoms with Crippen molar-refractivity contribution in [3.8, 4) is 11.5 Å². The summed E-state index contributed by atoms with van der Waals surface area (Å²) >= 11 is 0. The molecule has 1 aliphatic rings. The molecule has 0 aliphatic carbocycles. The molecular weight excluding hydrogens is 328 g/mol. The highest BCUT2D eigenvalue weighted by atomic mass is 19.1. The Hall–Kier alpha value is -2.63. The molecule has 0 bridgehead atoms. The lowest BCUT2D eigenvalue weighted by atomic mass is 9.97. The lowest BCUT2D eigenvalue weighted by Crippen LogP contribution is -2.29. The zero-order valence-electron chi connectivity index (χ0n) is 14.1. The van der Waals surface area contributed by atoms with Crippen LogP contribution in [0.5, 0.6) is 11.5 Å². The monoisotopic (exact) mass is 347 g/mol. The number of likely N-dealkylation sites (tertiary alicyclic amines) is 1. The average molecular weight is 347 g/mol. The molecule has 1 atom stereocenters. The Labute approximate surface area is 145 Å². The highest BCUT2D eigenvalue weighted by molar-refractivity contribution is 5.94. The molecule has 0 spiro atoms. The van der Waals surface area contributed by atoms with Crippen molar-refractivity contribution < 1.29 is 23.0 Å². The summed E-state index contributed by atoms with van der Waals surface area (Å²) in [5.41, 5.74) is 0.844. The summed E-state index contributed by atoms with van der Waals surface area (Å²) in [5, 5.41) is 0. The third kappa shape index (κ3) is 3.43. The van der Waals surface area contributed by atoms with Gasteiger partial charge in [0.2, 0.25) is 0 Å². The highest BCUT2D eigenvalue weighted by Crippen LogP contribution is 2.36. The maximum absolute atomic E-state index is 13.9. The molecule has 132 valence electrons. The first kappa shape index (κ1) is 17.2. The Balaban J connectivity index is 1.81. The second-order valence-corrected chi connectivity index (χ2v) is 5.97. The van der Waals surface area contributed by atoms with E-state index in [0.29, 0.717) is 18.8 Å². The number of methoxy groups -OCH3 is 2. The molecule has 1 heterocycles. The fourth-order valence-corrected chi connectivity index (χ4v) is 3.19. The van der Waals surface area contributed by atoms with Crippen LogP contribution >= 0.6 is 0 Å². The minimum absolute atomic E-state index is 0.0671.